The van der Waals surface area contributed by atoms with Crippen molar-refractivity contribution < 1.29 is 19.4 Å². The molecule has 0 radical (unpaired) electrons. The lowest BCUT2D eigenvalue weighted by Gasteiger charge is -2.15. The van der Waals surface area contributed by atoms with E-state index in [-0.39, 0.29) is 18.1 Å². The summed E-state index contributed by atoms with van der Waals surface area (Å²) < 4.78 is 6.35. The Labute approximate surface area is 154 Å². The van der Waals surface area contributed by atoms with Gasteiger partial charge in [-0.1, -0.05) is 40.2 Å². The van der Waals surface area contributed by atoms with Crippen LogP contribution in [0.1, 0.15) is 18.9 Å². The predicted molar refractivity (Wildman–Crippen MR) is 96.9 cm³/mol. The Bertz CT molecular complexity index is 751. The molecule has 0 saturated heterocycles. The first-order chi connectivity index (χ1) is 12.0. The van der Waals surface area contributed by atoms with Gasteiger partial charge in [-0.05, 0) is 43.2 Å². The normalized spacial score (nSPS) is 11.4. The molecule has 0 saturated carbocycles. The van der Waals surface area contributed by atoms with Gasteiger partial charge < -0.3 is 9.84 Å². The summed E-state index contributed by atoms with van der Waals surface area (Å²) >= 11 is 3.33. The van der Waals surface area contributed by atoms with E-state index in [1.165, 1.54) is 0 Å². The number of nitrogens with one attached hydrogen (secondary N) is 2. The molecule has 2 aromatic carbocycles. The molecular weight excluding hydrogens is 388 g/mol. The maximum Gasteiger partial charge on any atom is 0.279 e. The number of ether oxygens (including phenoxy) is 1. The van der Waals surface area contributed by atoms with Crippen LogP contribution in [0.5, 0.6) is 11.5 Å². The fourth-order valence-electron chi connectivity index (χ4n) is 2.06. The van der Waals surface area contributed by atoms with Gasteiger partial charge in [0.2, 0.25) is 5.91 Å². The van der Waals surface area contributed by atoms with Gasteiger partial charge in [0.15, 0.2) is 6.10 Å². The number of amides is 2. The molecule has 0 aromatic heterocycles. The van der Waals surface area contributed by atoms with Crippen molar-refractivity contribution in [1.29, 1.82) is 0 Å². The highest BCUT2D eigenvalue weighted by Gasteiger charge is 2.15. The lowest BCUT2D eigenvalue weighted by atomic mass is 10.1. The molecule has 3 N–H and O–H groups in total. The van der Waals surface area contributed by atoms with E-state index in [2.05, 4.69) is 26.8 Å². The van der Waals surface area contributed by atoms with E-state index in [0.29, 0.717) is 17.7 Å². The van der Waals surface area contributed by atoms with E-state index in [4.69, 9.17) is 4.74 Å². The van der Waals surface area contributed by atoms with Gasteiger partial charge in [0, 0.05) is 10.9 Å². The molecule has 0 aliphatic heterocycles. The third-order valence-electron chi connectivity index (χ3n) is 3.42. The van der Waals surface area contributed by atoms with Crippen molar-refractivity contribution in [3.8, 4) is 11.5 Å². The highest BCUT2D eigenvalue weighted by molar-refractivity contribution is 9.10. The number of carbonyl (C=O) groups is 2. The Hall–Kier alpha value is -2.54. The zero-order chi connectivity index (χ0) is 18.2. The number of hydrogen-bond donors (Lipinski definition) is 3. The third-order valence-corrected chi connectivity index (χ3v) is 3.91. The second-order valence-corrected chi connectivity index (χ2v) is 6.30. The topological polar surface area (TPSA) is 87.7 Å². The molecule has 6 nitrogen and oxygen atoms in total. The Morgan fingerprint density at radius 3 is 2.64 bits per heavy atom. The van der Waals surface area contributed by atoms with Gasteiger partial charge in [-0.25, -0.2) is 0 Å². The van der Waals surface area contributed by atoms with E-state index >= 15 is 0 Å². The van der Waals surface area contributed by atoms with Crippen molar-refractivity contribution in [2.24, 2.45) is 0 Å². The van der Waals surface area contributed by atoms with Crippen LogP contribution >= 0.6 is 15.9 Å². The minimum Gasteiger partial charge on any atom is -0.508 e. The monoisotopic (exact) mass is 406 g/mol. The predicted octanol–water partition coefficient (Wildman–Crippen LogP) is 2.70. The minimum absolute atomic E-state index is 0.138. The van der Waals surface area contributed by atoms with E-state index < -0.39 is 12.0 Å². The summed E-state index contributed by atoms with van der Waals surface area (Å²) in [6.45, 7) is 1.59. The largest absolute Gasteiger partial charge is 0.508 e. The van der Waals surface area contributed by atoms with Crippen LogP contribution in [0.15, 0.2) is 53.0 Å². The second kappa shape index (κ2) is 9.08. The lowest BCUT2D eigenvalue weighted by Crippen LogP contribution is -2.47. The molecule has 0 bridgehead atoms. The van der Waals surface area contributed by atoms with Crippen molar-refractivity contribution in [3.63, 3.8) is 0 Å². The summed E-state index contributed by atoms with van der Waals surface area (Å²) in [4.78, 5) is 23.8. The second-order valence-electron chi connectivity index (χ2n) is 5.38. The van der Waals surface area contributed by atoms with E-state index in [0.717, 1.165) is 4.47 Å². The van der Waals surface area contributed by atoms with Gasteiger partial charge in [-0.3, -0.25) is 20.4 Å². The van der Waals surface area contributed by atoms with Gasteiger partial charge in [0.1, 0.15) is 11.5 Å². The lowest BCUT2D eigenvalue weighted by molar-refractivity contribution is -0.132. The number of hydrogen-bond acceptors (Lipinski definition) is 4. The quantitative estimate of drug-likeness (QED) is 0.643. The van der Waals surface area contributed by atoms with Crippen LogP contribution in [-0.2, 0) is 16.0 Å². The standard InChI is InChI=1S/C18H19BrN2O4/c1-12(25-15-7-4-6-14(19)11-15)18(24)21-20-17(23)10-9-13-5-2-3-8-16(13)22/h2-8,11-12,22H,9-10H2,1H3,(H,20,23)(H,21,24). The number of benzene rings is 2. The zero-order valence-corrected chi connectivity index (χ0v) is 15.2. The number of aryl methyl sites for hydroxylation is 1. The number of para-hydroxylation sites is 1. The first-order valence-corrected chi connectivity index (χ1v) is 8.53. The molecule has 0 aliphatic carbocycles. The molecule has 2 amide bonds. The Kier molecular flexibility index (Phi) is 6.82. The molecule has 25 heavy (non-hydrogen) atoms. The molecule has 0 spiro atoms. The van der Waals surface area contributed by atoms with Crippen molar-refractivity contribution in [3.05, 3.63) is 58.6 Å². The maximum absolute atomic E-state index is 12.0. The van der Waals surface area contributed by atoms with Gasteiger partial charge in [-0.2, -0.15) is 0 Å². The summed E-state index contributed by atoms with van der Waals surface area (Å²) in [6.07, 6.45) is -0.259. The molecule has 2 aromatic rings. The summed E-state index contributed by atoms with van der Waals surface area (Å²) in [6, 6.07) is 13.9. The van der Waals surface area contributed by atoms with Crippen LogP contribution in [-0.4, -0.2) is 23.0 Å². The fraction of sp³-hybridized carbons (Fsp3) is 0.222. The average molecular weight is 407 g/mol. The summed E-state index contributed by atoms with van der Waals surface area (Å²) in [5.74, 6) is -0.125. The smallest absolute Gasteiger partial charge is 0.279 e. The van der Waals surface area contributed by atoms with Crippen LogP contribution in [0.25, 0.3) is 0 Å². The zero-order valence-electron chi connectivity index (χ0n) is 13.7. The first-order valence-electron chi connectivity index (χ1n) is 7.73. The molecular formula is C18H19BrN2O4. The number of aromatic hydroxyl groups is 1. The van der Waals surface area contributed by atoms with Crippen LogP contribution in [0.4, 0.5) is 0 Å². The molecule has 1 atom stereocenters. The highest BCUT2D eigenvalue weighted by atomic mass is 79.9. The van der Waals surface area contributed by atoms with Crippen molar-refractivity contribution in [2.75, 3.05) is 0 Å². The molecule has 0 aliphatic rings. The number of carbonyl (C=O) groups excluding carboxylic acids is 2. The molecule has 0 heterocycles. The number of hydrazine groups is 1. The molecule has 0 fully saturated rings. The SMILES string of the molecule is CC(Oc1cccc(Br)c1)C(=O)NNC(=O)CCc1ccccc1O. The van der Waals surface area contributed by atoms with Gasteiger partial charge in [0.25, 0.3) is 5.91 Å². The van der Waals surface area contributed by atoms with E-state index in [1.54, 1.807) is 49.4 Å². The molecule has 2 rings (SSSR count). The summed E-state index contributed by atoms with van der Waals surface area (Å²) in [5, 5.41) is 9.65. The van der Waals surface area contributed by atoms with Gasteiger partial charge >= 0.3 is 0 Å². The van der Waals surface area contributed by atoms with Gasteiger partial charge in [-0.15, -0.1) is 0 Å². The summed E-state index contributed by atoms with van der Waals surface area (Å²) in [5.41, 5.74) is 5.35. The van der Waals surface area contributed by atoms with E-state index in [1.807, 2.05) is 6.07 Å². The number of phenols is 1. The van der Waals surface area contributed by atoms with Crippen molar-refractivity contribution in [2.45, 2.75) is 25.9 Å². The van der Waals surface area contributed by atoms with Gasteiger partial charge in [0.05, 0.1) is 0 Å². The van der Waals surface area contributed by atoms with Crippen LogP contribution in [0.3, 0.4) is 0 Å². The van der Waals surface area contributed by atoms with Crippen LogP contribution < -0.4 is 15.6 Å². The molecule has 132 valence electrons. The average Bonchev–Trinajstić information content (AvgIpc) is 2.59. The first kappa shape index (κ1) is 18.8. The third kappa shape index (κ3) is 6.11. The Morgan fingerprint density at radius 1 is 1.16 bits per heavy atom. The number of rotatable bonds is 6. The van der Waals surface area contributed by atoms with Crippen LogP contribution in [0.2, 0.25) is 0 Å². The fourth-order valence-corrected chi connectivity index (χ4v) is 2.44. The highest BCUT2D eigenvalue weighted by Crippen LogP contribution is 2.19. The van der Waals surface area contributed by atoms with E-state index in [9.17, 15) is 14.7 Å². The van der Waals surface area contributed by atoms with Crippen molar-refractivity contribution >= 4 is 27.7 Å². The maximum atomic E-state index is 12.0. The number of halogens is 1. The Morgan fingerprint density at radius 2 is 1.92 bits per heavy atom. The molecule has 1 unspecified atom stereocenters. The summed E-state index contributed by atoms with van der Waals surface area (Å²) in [7, 11) is 0. The minimum atomic E-state index is -0.771. The van der Waals surface area contributed by atoms with Crippen molar-refractivity contribution in [1.82, 2.24) is 10.9 Å². The van der Waals surface area contributed by atoms with Crippen LogP contribution in [0, 0.1) is 0 Å². The Balaban J connectivity index is 1.75. The molecule has 7 heteroatoms. The number of phenolic OH excluding ortho intramolecular Hbond substituents is 1.